The number of hydrogen-bond acceptors (Lipinski definition) is 5. The molecular weight excluding hydrogens is 349 g/mol. The smallest absolute Gasteiger partial charge is 0.235 e. The predicted octanol–water partition coefficient (Wildman–Crippen LogP) is 3.98. The summed E-state index contributed by atoms with van der Waals surface area (Å²) >= 11 is 1.39. The van der Waals surface area contributed by atoms with Crippen LogP contribution in [0.1, 0.15) is 10.6 Å². The van der Waals surface area contributed by atoms with Crippen LogP contribution in [0, 0.1) is 5.82 Å². The Morgan fingerprint density at radius 2 is 1.92 bits per heavy atom. The second-order valence-corrected chi connectivity index (χ2v) is 5.74. The van der Waals surface area contributed by atoms with Crippen LogP contribution in [0.4, 0.5) is 4.39 Å². The van der Waals surface area contributed by atoms with E-state index in [0.29, 0.717) is 16.3 Å². The zero-order chi connectivity index (χ0) is 15.6. The van der Waals surface area contributed by atoms with Gasteiger partial charge >= 0.3 is 0 Å². The Kier molecular flexibility index (Phi) is 4.64. The van der Waals surface area contributed by atoms with E-state index in [1.54, 1.807) is 47.3 Å². The molecule has 5 nitrogen and oxygen atoms in total. The van der Waals surface area contributed by atoms with E-state index in [0.717, 1.165) is 10.6 Å². The lowest BCUT2D eigenvalue weighted by Crippen LogP contribution is -1.91. The SMILES string of the molecule is Cl.Fc1ccccc1/C=C/c1nn2c(-c3cccnc3)nnc2s1. The van der Waals surface area contributed by atoms with Gasteiger partial charge in [0.15, 0.2) is 5.82 Å². The second-order valence-electron chi connectivity index (χ2n) is 4.75. The van der Waals surface area contributed by atoms with Crippen molar-refractivity contribution in [3.63, 3.8) is 0 Å². The highest BCUT2D eigenvalue weighted by Gasteiger charge is 2.12. The molecule has 120 valence electrons. The van der Waals surface area contributed by atoms with Gasteiger partial charge in [-0.3, -0.25) is 4.98 Å². The van der Waals surface area contributed by atoms with Crippen molar-refractivity contribution < 1.29 is 4.39 Å². The molecule has 0 atom stereocenters. The molecule has 0 bridgehead atoms. The minimum absolute atomic E-state index is 0. The Morgan fingerprint density at radius 1 is 1.04 bits per heavy atom. The van der Waals surface area contributed by atoms with Crippen molar-refractivity contribution >= 4 is 40.9 Å². The van der Waals surface area contributed by atoms with Gasteiger partial charge in [-0.2, -0.15) is 9.61 Å². The quantitative estimate of drug-likeness (QED) is 0.555. The lowest BCUT2D eigenvalue weighted by Gasteiger charge is -1.95. The molecule has 0 unspecified atom stereocenters. The zero-order valence-corrected chi connectivity index (χ0v) is 13.8. The number of rotatable bonds is 3. The van der Waals surface area contributed by atoms with Gasteiger partial charge in [0, 0.05) is 23.5 Å². The molecule has 0 spiro atoms. The van der Waals surface area contributed by atoms with E-state index in [-0.39, 0.29) is 18.2 Å². The second kappa shape index (κ2) is 6.86. The number of pyridine rings is 1. The monoisotopic (exact) mass is 359 g/mol. The third kappa shape index (κ3) is 3.04. The maximum absolute atomic E-state index is 13.6. The van der Waals surface area contributed by atoms with Crippen LogP contribution in [0.5, 0.6) is 0 Å². The number of halogens is 2. The highest BCUT2D eigenvalue weighted by Crippen LogP contribution is 2.22. The van der Waals surface area contributed by atoms with Crippen molar-refractivity contribution in [3.8, 4) is 11.4 Å². The van der Waals surface area contributed by atoms with E-state index < -0.39 is 0 Å². The van der Waals surface area contributed by atoms with E-state index >= 15 is 0 Å². The molecule has 0 aliphatic carbocycles. The first kappa shape index (κ1) is 16.2. The first-order chi connectivity index (χ1) is 11.3. The van der Waals surface area contributed by atoms with Gasteiger partial charge in [-0.15, -0.1) is 22.6 Å². The lowest BCUT2D eigenvalue weighted by molar-refractivity contribution is 0.625. The van der Waals surface area contributed by atoms with Gasteiger partial charge in [0.25, 0.3) is 0 Å². The summed E-state index contributed by atoms with van der Waals surface area (Å²) < 4.78 is 15.3. The van der Waals surface area contributed by atoms with E-state index in [4.69, 9.17) is 0 Å². The van der Waals surface area contributed by atoms with Crippen LogP contribution in [0.2, 0.25) is 0 Å². The molecule has 4 aromatic rings. The van der Waals surface area contributed by atoms with Crippen LogP contribution >= 0.6 is 23.7 Å². The Labute approximate surface area is 146 Å². The van der Waals surface area contributed by atoms with Crippen molar-refractivity contribution in [2.24, 2.45) is 0 Å². The summed E-state index contributed by atoms with van der Waals surface area (Å²) in [5, 5.41) is 13.4. The molecule has 0 amide bonds. The summed E-state index contributed by atoms with van der Waals surface area (Å²) in [5.74, 6) is 0.373. The summed E-state index contributed by atoms with van der Waals surface area (Å²) in [4.78, 5) is 4.76. The maximum atomic E-state index is 13.6. The van der Waals surface area contributed by atoms with Gasteiger partial charge in [-0.05, 0) is 30.4 Å². The number of aromatic nitrogens is 5. The van der Waals surface area contributed by atoms with Gasteiger partial charge in [0.05, 0.1) is 0 Å². The Morgan fingerprint density at radius 3 is 2.71 bits per heavy atom. The summed E-state index contributed by atoms with van der Waals surface area (Å²) in [6.07, 6.45) is 6.88. The van der Waals surface area contributed by atoms with E-state index in [1.807, 2.05) is 12.1 Å². The van der Waals surface area contributed by atoms with E-state index in [2.05, 4.69) is 20.3 Å². The summed E-state index contributed by atoms with van der Waals surface area (Å²) in [6, 6.07) is 10.3. The van der Waals surface area contributed by atoms with Gasteiger partial charge in [0.2, 0.25) is 4.96 Å². The van der Waals surface area contributed by atoms with Crippen LogP contribution in [0.15, 0.2) is 48.8 Å². The number of hydrogen-bond donors (Lipinski definition) is 0. The summed E-state index contributed by atoms with van der Waals surface area (Å²) in [6.45, 7) is 0. The molecule has 0 fully saturated rings. The Balaban J connectivity index is 0.00000169. The third-order valence-electron chi connectivity index (χ3n) is 3.24. The minimum atomic E-state index is -0.261. The number of nitrogens with zero attached hydrogens (tertiary/aromatic N) is 5. The number of fused-ring (bicyclic) bond motifs is 1. The Hall–Kier alpha value is -2.64. The van der Waals surface area contributed by atoms with Gasteiger partial charge in [-0.25, -0.2) is 4.39 Å². The van der Waals surface area contributed by atoms with E-state index in [9.17, 15) is 4.39 Å². The zero-order valence-electron chi connectivity index (χ0n) is 12.2. The van der Waals surface area contributed by atoms with Crippen LogP contribution in [-0.2, 0) is 0 Å². The predicted molar refractivity (Wildman–Crippen MR) is 94.5 cm³/mol. The minimum Gasteiger partial charge on any atom is -0.264 e. The first-order valence-corrected chi connectivity index (χ1v) is 7.68. The molecule has 0 aliphatic rings. The van der Waals surface area contributed by atoms with Gasteiger partial charge in [-0.1, -0.05) is 29.5 Å². The fourth-order valence-electron chi connectivity index (χ4n) is 2.15. The topological polar surface area (TPSA) is 56.0 Å². The molecule has 24 heavy (non-hydrogen) atoms. The molecule has 1 aromatic carbocycles. The highest BCUT2D eigenvalue weighted by molar-refractivity contribution is 7.17. The average molecular weight is 360 g/mol. The molecular formula is C16H11ClFN5S. The van der Waals surface area contributed by atoms with E-state index in [1.165, 1.54) is 17.4 Å². The molecule has 0 saturated heterocycles. The fraction of sp³-hybridized carbons (Fsp3) is 0. The lowest BCUT2D eigenvalue weighted by atomic mass is 10.2. The third-order valence-corrected chi connectivity index (χ3v) is 4.10. The molecule has 0 N–H and O–H groups in total. The summed E-state index contributed by atoms with van der Waals surface area (Å²) in [5.41, 5.74) is 1.36. The molecule has 0 saturated carbocycles. The number of benzene rings is 1. The molecule has 0 radical (unpaired) electrons. The van der Waals surface area contributed by atoms with Crippen molar-refractivity contribution in [3.05, 3.63) is 65.2 Å². The standard InChI is InChI=1S/C16H10FN5S.ClH/c17-13-6-2-1-4-11(13)7-8-14-21-22-15(19-20-16(22)23-14)12-5-3-9-18-10-12;/h1-10H;1H/b8-7+;. The first-order valence-electron chi connectivity index (χ1n) is 6.86. The molecule has 4 rings (SSSR count). The van der Waals surface area contributed by atoms with Crippen LogP contribution in [0.25, 0.3) is 28.5 Å². The molecule has 8 heteroatoms. The fourth-order valence-corrected chi connectivity index (χ4v) is 2.89. The van der Waals surface area contributed by atoms with Crippen LogP contribution in [0.3, 0.4) is 0 Å². The molecule has 3 aromatic heterocycles. The van der Waals surface area contributed by atoms with Crippen molar-refractivity contribution in [2.45, 2.75) is 0 Å². The van der Waals surface area contributed by atoms with Crippen LogP contribution in [-0.4, -0.2) is 24.8 Å². The van der Waals surface area contributed by atoms with Crippen molar-refractivity contribution in [1.29, 1.82) is 0 Å². The Bertz CT molecular complexity index is 996. The van der Waals surface area contributed by atoms with Crippen LogP contribution < -0.4 is 0 Å². The van der Waals surface area contributed by atoms with Gasteiger partial charge < -0.3 is 0 Å². The normalized spacial score (nSPS) is 11.0. The maximum Gasteiger partial charge on any atom is 0.235 e. The molecule has 0 aliphatic heterocycles. The average Bonchev–Trinajstić information content (AvgIpc) is 3.15. The highest BCUT2D eigenvalue weighted by atomic mass is 35.5. The van der Waals surface area contributed by atoms with Gasteiger partial charge in [0.1, 0.15) is 10.8 Å². The van der Waals surface area contributed by atoms with Crippen molar-refractivity contribution in [1.82, 2.24) is 24.8 Å². The van der Waals surface area contributed by atoms with Crippen molar-refractivity contribution in [2.75, 3.05) is 0 Å². The summed E-state index contributed by atoms with van der Waals surface area (Å²) in [7, 11) is 0. The molecule has 3 heterocycles. The largest absolute Gasteiger partial charge is 0.264 e.